The van der Waals surface area contributed by atoms with Crippen LogP contribution in [0, 0.1) is 13.8 Å². The Bertz CT molecular complexity index is 848. The summed E-state index contributed by atoms with van der Waals surface area (Å²) >= 11 is 0. The van der Waals surface area contributed by atoms with E-state index in [2.05, 4.69) is 55.2 Å². The van der Waals surface area contributed by atoms with Gasteiger partial charge in [-0.15, -0.1) is 0 Å². The smallest absolute Gasteiger partial charge is 0.131 e. The molecule has 1 heterocycles. The molecule has 0 atom stereocenters. The predicted molar refractivity (Wildman–Crippen MR) is 102 cm³/mol. The van der Waals surface area contributed by atoms with Crippen LogP contribution < -0.4 is 10.5 Å². The summed E-state index contributed by atoms with van der Waals surface area (Å²) in [5, 5.41) is 1.31. The Morgan fingerprint density at radius 3 is 2.67 bits per heavy atom. The number of hydrogen-bond acceptors (Lipinski definition) is 2. The van der Waals surface area contributed by atoms with Gasteiger partial charge in [0.05, 0.1) is 12.8 Å². The minimum atomic E-state index is 0.741. The normalized spacial score (nSPS) is 11.2. The highest BCUT2D eigenvalue weighted by Gasteiger charge is 2.17. The molecule has 0 fully saturated rings. The molecule has 0 aliphatic rings. The van der Waals surface area contributed by atoms with Crippen LogP contribution in [0.2, 0.25) is 0 Å². The highest BCUT2D eigenvalue weighted by Crippen LogP contribution is 2.38. The number of nitrogens with one attached hydrogen (secondary N) is 1. The summed E-state index contributed by atoms with van der Waals surface area (Å²) < 4.78 is 5.69. The molecule has 0 saturated heterocycles. The second-order valence-corrected chi connectivity index (χ2v) is 6.43. The van der Waals surface area contributed by atoms with Crippen molar-refractivity contribution in [3.8, 4) is 17.0 Å². The van der Waals surface area contributed by atoms with Crippen molar-refractivity contribution in [2.24, 2.45) is 5.73 Å². The molecule has 3 nitrogen and oxygen atoms in total. The Morgan fingerprint density at radius 1 is 1.08 bits per heavy atom. The number of hydrogen-bond donors (Lipinski definition) is 2. The van der Waals surface area contributed by atoms with E-state index in [0.717, 1.165) is 42.7 Å². The zero-order valence-electron chi connectivity index (χ0n) is 14.8. The van der Waals surface area contributed by atoms with Crippen LogP contribution in [0.15, 0.2) is 36.4 Å². The molecule has 126 valence electrons. The molecule has 1 aromatic heterocycles. The number of para-hydroxylation sites is 1. The van der Waals surface area contributed by atoms with Gasteiger partial charge in [0, 0.05) is 16.5 Å². The van der Waals surface area contributed by atoms with Crippen LogP contribution >= 0.6 is 0 Å². The van der Waals surface area contributed by atoms with Crippen molar-refractivity contribution in [1.82, 2.24) is 4.98 Å². The minimum absolute atomic E-state index is 0.741. The maximum Gasteiger partial charge on any atom is 0.131 e. The molecule has 3 heteroatoms. The van der Waals surface area contributed by atoms with Crippen molar-refractivity contribution in [3.63, 3.8) is 0 Å². The van der Waals surface area contributed by atoms with Gasteiger partial charge < -0.3 is 15.5 Å². The van der Waals surface area contributed by atoms with Gasteiger partial charge in [0.1, 0.15) is 5.75 Å². The highest BCUT2D eigenvalue weighted by molar-refractivity contribution is 5.92. The van der Waals surface area contributed by atoms with Crippen molar-refractivity contribution >= 4 is 10.9 Å². The fourth-order valence-electron chi connectivity index (χ4n) is 3.42. The van der Waals surface area contributed by atoms with Gasteiger partial charge in [0.25, 0.3) is 0 Å². The molecular formula is C21H26N2O. The topological polar surface area (TPSA) is 51.0 Å². The SMILES string of the molecule is COc1c(C)cccc1-c1[nH]c2ccc(C)cc2c1CCCCN. The molecule has 0 aliphatic heterocycles. The first-order chi connectivity index (χ1) is 11.7. The molecule has 0 saturated carbocycles. The molecular weight excluding hydrogens is 296 g/mol. The average Bonchev–Trinajstić information content (AvgIpc) is 2.93. The second-order valence-electron chi connectivity index (χ2n) is 6.43. The Hall–Kier alpha value is -2.26. The van der Waals surface area contributed by atoms with Gasteiger partial charge in [-0.3, -0.25) is 0 Å². The summed E-state index contributed by atoms with van der Waals surface area (Å²) in [6.07, 6.45) is 3.16. The molecule has 3 aromatic rings. The molecule has 2 aromatic carbocycles. The number of unbranched alkanes of at least 4 members (excludes halogenated alkanes) is 1. The third kappa shape index (κ3) is 3.04. The summed E-state index contributed by atoms with van der Waals surface area (Å²) in [7, 11) is 1.74. The van der Waals surface area contributed by atoms with E-state index in [1.165, 1.54) is 27.7 Å². The van der Waals surface area contributed by atoms with Gasteiger partial charge in [0.15, 0.2) is 0 Å². The monoisotopic (exact) mass is 322 g/mol. The second kappa shape index (κ2) is 7.10. The number of benzene rings is 2. The first-order valence-electron chi connectivity index (χ1n) is 8.61. The van der Waals surface area contributed by atoms with Crippen LogP contribution in [0.1, 0.15) is 29.5 Å². The zero-order chi connectivity index (χ0) is 17.1. The van der Waals surface area contributed by atoms with Crippen molar-refractivity contribution in [1.29, 1.82) is 0 Å². The van der Waals surface area contributed by atoms with Crippen LogP contribution in [0.5, 0.6) is 5.75 Å². The lowest BCUT2D eigenvalue weighted by Gasteiger charge is -2.12. The van der Waals surface area contributed by atoms with E-state index >= 15 is 0 Å². The standard InChI is InChI=1S/C21H26N2O/c1-14-10-11-19-18(13-14)16(8-4-5-12-22)20(23-19)17-9-6-7-15(2)21(17)24-3/h6-7,9-11,13,23H,4-5,8,12,22H2,1-3H3. The van der Waals surface area contributed by atoms with E-state index in [1.54, 1.807) is 7.11 Å². The first-order valence-corrected chi connectivity index (χ1v) is 8.61. The van der Waals surface area contributed by atoms with E-state index in [4.69, 9.17) is 10.5 Å². The van der Waals surface area contributed by atoms with Crippen LogP contribution in [-0.2, 0) is 6.42 Å². The van der Waals surface area contributed by atoms with Gasteiger partial charge in [-0.25, -0.2) is 0 Å². The molecule has 0 bridgehead atoms. The molecule has 3 rings (SSSR count). The van der Waals surface area contributed by atoms with Crippen LogP contribution in [-0.4, -0.2) is 18.6 Å². The number of H-pyrrole nitrogens is 1. The van der Waals surface area contributed by atoms with Crippen molar-refractivity contribution in [2.75, 3.05) is 13.7 Å². The van der Waals surface area contributed by atoms with E-state index in [1.807, 2.05) is 0 Å². The van der Waals surface area contributed by atoms with Crippen LogP contribution in [0.3, 0.4) is 0 Å². The first kappa shape index (κ1) is 16.6. The Morgan fingerprint density at radius 2 is 1.92 bits per heavy atom. The molecule has 0 aliphatic carbocycles. The molecule has 0 radical (unpaired) electrons. The quantitative estimate of drug-likeness (QED) is 0.644. The fraction of sp³-hybridized carbons (Fsp3) is 0.333. The maximum absolute atomic E-state index is 5.69. The predicted octanol–water partition coefficient (Wildman–Crippen LogP) is 4.74. The van der Waals surface area contributed by atoms with E-state index in [0.29, 0.717) is 0 Å². The van der Waals surface area contributed by atoms with Crippen molar-refractivity contribution in [2.45, 2.75) is 33.1 Å². The number of rotatable bonds is 6. The van der Waals surface area contributed by atoms with Crippen LogP contribution in [0.25, 0.3) is 22.2 Å². The summed E-state index contributed by atoms with van der Waals surface area (Å²) in [6.45, 7) is 4.97. The average molecular weight is 322 g/mol. The number of aromatic nitrogens is 1. The lowest BCUT2D eigenvalue weighted by atomic mass is 9.98. The van der Waals surface area contributed by atoms with E-state index in [-0.39, 0.29) is 0 Å². The number of ether oxygens (including phenoxy) is 1. The fourth-order valence-corrected chi connectivity index (χ4v) is 3.42. The van der Waals surface area contributed by atoms with E-state index < -0.39 is 0 Å². The number of fused-ring (bicyclic) bond motifs is 1. The molecule has 0 spiro atoms. The van der Waals surface area contributed by atoms with Gasteiger partial charge in [0.2, 0.25) is 0 Å². The van der Waals surface area contributed by atoms with Gasteiger partial charge >= 0.3 is 0 Å². The molecule has 0 unspecified atom stereocenters. The number of nitrogens with two attached hydrogens (primary N) is 1. The number of aromatic amines is 1. The van der Waals surface area contributed by atoms with Crippen molar-refractivity contribution in [3.05, 3.63) is 53.1 Å². The third-order valence-electron chi connectivity index (χ3n) is 4.63. The minimum Gasteiger partial charge on any atom is -0.496 e. The zero-order valence-corrected chi connectivity index (χ0v) is 14.8. The largest absolute Gasteiger partial charge is 0.496 e. The summed E-state index contributed by atoms with van der Waals surface area (Å²) in [6, 6.07) is 12.9. The van der Waals surface area contributed by atoms with Crippen molar-refractivity contribution < 1.29 is 4.74 Å². The van der Waals surface area contributed by atoms with Crippen LogP contribution in [0.4, 0.5) is 0 Å². The summed E-state index contributed by atoms with van der Waals surface area (Å²) in [5.41, 5.74) is 13.0. The Balaban J connectivity index is 2.19. The lowest BCUT2D eigenvalue weighted by molar-refractivity contribution is 0.413. The summed E-state index contributed by atoms with van der Waals surface area (Å²) in [5.74, 6) is 0.945. The van der Waals surface area contributed by atoms with Gasteiger partial charge in [-0.05, 0) is 69.0 Å². The van der Waals surface area contributed by atoms with Gasteiger partial charge in [-0.1, -0.05) is 23.8 Å². The molecule has 3 N–H and O–H groups in total. The third-order valence-corrected chi connectivity index (χ3v) is 4.63. The number of aryl methyl sites for hydroxylation is 3. The Kier molecular flexibility index (Phi) is 4.91. The number of methoxy groups -OCH3 is 1. The summed E-state index contributed by atoms with van der Waals surface area (Å²) in [4.78, 5) is 3.63. The lowest BCUT2D eigenvalue weighted by Crippen LogP contribution is -1.99. The Labute approximate surface area is 143 Å². The van der Waals surface area contributed by atoms with Gasteiger partial charge in [-0.2, -0.15) is 0 Å². The maximum atomic E-state index is 5.69. The highest BCUT2D eigenvalue weighted by atomic mass is 16.5. The molecule has 0 amide bonds. The van der Waals surface area contributed by atoms with E-state index in [9.17, 15) is 0 Å². The molecule has 24 heavy (non-hydrogen) atoms.